The second-order valence-electron chi connectivity index (χ2n) is 22.2. The molecule has 0 unspecified atom stereocenters. The number of unbranched alkanes of at least 4 members (excludes halogenated alkanes) is 45. The van der Waals surface area contributed by atoms with Gasteiger partial charge in [-0.3, -0.25) is 14.4 Å². The second-order valence-corrected chi connectivity index (χ2v) is 22.2. The molecule has 0 aliphatic heterocycles. The van der Waals surface area contributed by atoms with Crippen LogP contribution in [0.25, 0.3) is 0 Å². The first kappa shape index (κ1) is 65.4. The number of rotatable bonds is 54. The molecule has 1 aliphatic rings. The van der Waals surface area contributed by atoms with Gasteiger partial charge >= 0.3 is 17.9 Å². The molecule has 0 spiro atoms. The molecule has 6 heteroatoms. The number of esters is 3. The van der Waals surface area contributed by atoms with E-state index in [-0.39, 0.29) is 17.9 Å². The van der Waals surface area contributed by atoms with Crippen molar-refractivity contribution in [1.29, 1.82) is 0 Å². The molecule has 0 saturated heterocycles. The van der Waals surface area contributed by atoms with Crippen LogP contribution in [0.1, 0.15) is 348 Å². The van der Waals surface area contributed by atoms with Crippen molar-refractivity contribution in [3.8, 4) is 0 Å². The van der Waals surface area contributed by atoms with Crippen molar-refractivity contribution in [3.05, 3.63) is 0 Å². The Morgan fingerprint density at radius 3 is 0.507 bits per heavy atom. The molecule has 0 aromatic rings. The van der Waals surface area contributed by atoms with E-state index in [1.165, 1.54) is 270 Å². The smallest absolute Gasteiger partial charge is 0.308 e. The Balaban J connectivity index is 2.35. The van der Waals surface area contributed by atoms with Crippen molar-refractivity contribution >= 4 is 17.9 Å². The van der Waals surface area contributed by atoms with Gasteiger partial charge in [0, 0.05) is 0 Å². The molecule has 0 bridgehead atoms. The highest BCUT2D eigenvalue weighted by atomic mass is 16.5. The van der Waals surface area contributed by atoms with Crippen molar-refractivity contribution in [2.75, 3.05) is 19.8 Å². The van der Waals surface area contributed by atoms with Crippen LogP contribution in [0.5, 0.6) is 0 Å². The van der Waals surface area contributed by atoms with Crippen LogP contribution in [-0.2, 0) is 28.6 Å². The lowest BCUT2D eigenvalue weighted by Crippen LogP contribution is -2.37. The minimum Gasteiger partial charge on any atom is -0.465 e. The highest BCUT2D eigenvalue weighted by molar-refractivity contribution is 5.80. The number of ether oxygens (including phenoxy) is 3. The highest BCUT2D eigenvalue weighted by Crippen LogP contribution is 2.36. The van der Waals surface area contributed by atoms with Gasteiger partial charge in [-0.05, 0) is 38.5 Å². The average Bonchev–Trinajstić information content (AvgIpc) is 3.36. The predicted octanol–water partition coefficient (Wildman–Crippen LogP) is 20.4. The summed E-state index contributed by atoms with van der Waals surface area (Å²) in [6, 6.07) is 0. The molecule has 1 rings (SSSR count). The van der Waals surface area contributed by atoms with E-state index in [1.807, 2.05) is 0 Å². The quantitative estimate of drug-likeness (QED) is 0.0343. The SMILES string of the molecule is CCCCCCCCCCCCCCCCCCOC(=O)C1CC(C(=O)OCCCCCCCCCCCCCCCCCC)CC(C(=O)OCCCCCCCCCCCCCCCCCC)C1. The van der Waals surface area contributed by atoms with E-state index in [9.17, 15) is 14.4 Å². The summed E-state index contributed by atoms with van der Waals surface area (Å²) in [6.07, 6.45) is 63.9. The van der Waals surface area contributed by atoms with E-state index in [0.717, 1.165) is 38.5 Å². The summed E-state index contributed by atoms with van der Waals surface area (Å²) < 4.78 is 17.4. The van der Waals surface area contributed by atoms with Crippen molar-refractivity contribution < 1.29 is 28.6 Å². The standard InChI is InChI=1S/C63H120O6/c1-4-7-10-13-16-19-22-25-28-31-34-37-40-43-46-49-52-67-61(64)58-55-59(62(65)68-53-50-47-44-41-38-35-32-29-26-23-20-17-14-11-8-5-2)57-60(56-58)63(66)69-54-51-48-45-42-39-36-33-30-27-24-21-18-15-12-9-6-3/h58-60H,4-57H2,1-3H3. The third-order valence-corrected chi connectivity index (χ3v) is 15.4. The fourth-order valence-electron chi connectivity index (χ4n) is 10.7. The Morgan fingerprint density at radius 1 is 0.232 bits per heavy atom. The molecule has 0 amide bonds. The summed E-state index contributed by atoms with van der Waals surface area (Å²) in [5, 5.41) is 0. The van der Waals surface area contributed by atoms with Gasteiger partial charge in [-0.1, -0.05) is 310 Å². The van der Waals surface area contributed by atoms with Gasteiger partial charge in [0.15, 0.2) is 0 Å². The summed E-state index contributed by atoms with van der Waals surface area (Å²) in [7, 11) is 0. The lowest BCUT2D eigenvalue weighted by Gasteiger charge is -2.31. The van der Waals surface area contributed by atoms with Crippen molar-refractivity contribution in [2.45, 2.75) is 348 Å². The minimum atomic E-state index is -0.471. The van der Waals surface area contributed by atoms with E-state index in [0.29, 0.717) is 39.1 Å². The number of carbonyl (C=O) groups excluding carboxylic acids is 3. The monoisotopic (exact) mass is 973 g/mol. The van der Waals surface area contributed by atoms with Crippen LogP contribution >= 0.6 is 0 Å². The molecule has 0 aromatic carbocycles. The molecular weight excluding hydrogens is 853 g/mol. The van der Waals surface area contributed by atoms with Gasteiger partial charge in [-0.2, -0.15) is 0 Å². The second kappa shape index (κ2) is 52.7. The van der Waals surface area contributed by atoms with Gasteiger partial charge in [0.05, 0.1) is 37.6 Å². The van der Waals surface area contributed by atoms with E-state index >= 15 is 0 Å². The van der Waals surface area contributed by atoms with E-state index in [2.05, 4.69) is 20.8 Å². The maximum Gasteiger partial charge on any atom is 0.308 e. The van der Waals surface area contributed by atoms with Crippen molar-refractivity contribution in [3.63, 3.8) is 0 Å². The maximum absolute atomic E-state index is 13.4. The molecule has 69 heavy (non-hydrogen) atoms. The lowest BCUT2D eigenvalue weighted by molar-refractivity contribution is -0.161. The zero-order valence-electron chi connectivity index (χ0n) is 46.9. The van der Waals surface area contributed by atoms with Crippen LogP contribution in [0.3, 0.4) is 0 Å². The minimum absolute atomic E-state index is 0.262. The zero-order chi connectivity index (χ0) is 49.8. The van der Waals surface area contributed by atoms with Crippen LogP contribution in [0.2, 0.25) is 0 Å². The van der Waals surface area contributed by atoms with Crippen LogP contribution < -0.4 is 0 Å². The van der Waals surface area contributed by atoms with Gasteiger partial charge in [-0.15, -0.1) is 0 Å². The van der Waals surface area contributed by atoms with Gasteiger partial charge < -0.3 is 14.2 Å². The maximum atomic E-state index is 13.4. The molecule has 1 fully saturated rings. The van der Waals surface area contributed by atoms with Crippen LogP contribution in [0.15, 0.2) is 0 Å². The molecule has 1 saturated carbocycles. The van der Waals surface area contributed by atoms with Crippen LogP contribution in [0, 0.1) is 17.8 Å². The summed E-state index contributed by atoms with van der Waals surface area (Å²) in [4.78, 5) is 40.3. The van der Waals surface area contributed by atoms with Crippen molar-refractivity contribution in [2.24, 2.45) is 17.8 Å². The molecule has 0 heterocycles. The molecule has 0 radical (unpaired) electrons. The lowest BCUT2D eigenvalue weighted by atomic mass is 9.75. The molecule has 6 nitrogen and oxygen atoms in total. The molecule has 408 valence electrons. The fourth-order valence-corrected chi connectivity index (χ4v) is 10.7. The Morgan fingerprint density at radius 2 is 0.362 bits per heavy atom. The van der Waals surface area contributed by atoms with Gasteiger partial charge in [-0.25, -0.2) is 0 Å². The average molecular weight is 974 g/mol. The molecule has 0 aromatic heterocycles. The topological polar surface area (TPSA) is 78.9 Å². The van der Waals surface area contributed by atoms with Crippen LogP contribution in [0.4, 0.5) is 0 Å². The Kier molecular flexibility index (Phi) is 50.0. The number of hydrogen-bond acceptors (Lipinski definition) is 6. The van der Waals surface area contributed by atoms with Gasteiger partial charge in [0.25, 0.3) is 0 Å². The number of hydrogen-bond donors (Lipinski definition) is 0. The van der Waals surface area contributed by atoms with Crippen molar-refractivity contribution in [1.82, 2.24) is 0 Å². The normalized spacial score (nSPS) is 16.0. The predicted molar refractivity (Wildman–Crippen MR) is 296 cm³/mol. The summed E-state index contributed by atoms with van der Waals surface area (Å²) in [5.41, 5.74) is 0. The molecular formula is C63H120O6. The molecule has 1 aliphatic carbocycles. The first-order valence-corrected chi connectivity index (χ1v) is 31.5. The van der Waals surface area contributed by atoms with Gasteiger partial charge in [0.2, 0.25) is 0 Å². The van der Waals surface area contributed by atoms with Crippen LogP contribution in [-0.4, -0.2) is 37.7 Å². The third kappa shape index (κ3) is 43.7. The largest absolute Gasteiger partial charge is 0.465 e. The third-order valence-electron chi connectivity index (χ3n) is 15.4. The summed E-state index contributed by atoms with van der Waals surface area (Å²) >= 11 is 0. The van der Waals surface area contributed by atoms with E-state index in [4.69, 9.17) is 14.2 Å². The molecule has 0 N–H and O–H groups in total. The summed E-state index contributed by atoms with van der Waals surface area (Å²) in [6.45, 7) is 8.09. The Bertz CT molecular complexity index is 952. The fraction of sp³-hybridized carbons (Fsp3) is 0.952. The highest BCUT2D eigenvalue weighted by Gasteiger charge is 2.41. The molecule has 0 atom stereocenters. The first-order valence-electron chi connectivity index (χ1n) is 31.5. The van der Waals surface area contributed by atoms with Gasteiger partial charge in [0.1, 0.15) is 0 Å². The number of carbonyl (C=O) groups is 3. The Labute approximate surface area is 430 Å². The van der Waals surface area contributed by atoms with E-state index in [1.54, 1.807) is 0 Å². The summed E-state index contributed by atoms with van der Waals surface area (Å²) in [5.74, 6) is -2.20. The first-order chi connectivity index (χ1) is 34.0. The van der Waals surface area contributed by atoms with E-state index < -0.39 is 17.8 Å². The zero-order valence-corrected chi connectivity index (χ0v) is 46.9. The Hall–Kier alpha value is -1.59.